The van der Waals surface area contributed by atoms with Crippen molar-refractivity contribution in [2.45, 2.75) is 38.4 Å². The van der Waals surface area contributed by atoms with E-state index < -0.39 is 0 Å². The van der Waals surface area contributed by atoms with Gasteiger partial charge < -0.3 is 4.90 Å². The average molecular weight is 279 g/mol. The van der Waals surface area contributed by atoms with Crippen LogP contribution in [0.25, 0.3) is 0 Å². The molecule has 0 aromatic heterocycles. The van der Waals surface area contributed by atoms with Crippen LogP contribution in [-0.2, 0) is 4.79 Å². The zero-order valence-corrected chi connectivity index (χ0v) is 11.9. The lowest BCUT2D eigenvalue weighted by Crippen LogP contribution is -2.32. The molecule has 0 spiro atoms. The summed E-state index contributed by atoms with van der Waals surface area (Å²) in [6, 6.07) is 7.74. The third kappa shape index (κ3) is 2.63. The number of rotatable bonds is 4. The molecule has 0 radical (unpaired) electrons. The third-order valence-electron chi connectivity index (χ3n) is 3.98. The normalized spacial score (nSPS) is 27.1. The van der Waals surface area contributed by atoms with Crippen molar-refractivity contribution >= 4 is 17.5 Å². The Morgan fingerprint density at radius 1 is 1.42 bits per heavy atom. The summed E-state index contributed by atoms with van der Waals surface area (Å²) < 4.78 is 0. The number of halogens is 1. The summed E-state index contributed by atoms with van der Waals surface area (Å²) in [5.74, 6) is 0.933. The molecule has 3 rings (SSSR count). The topological polar surface area (TPSA) is 32.3 Å². The molecule has 1 amide bonds. The molecule has 19 heavy (non-hydrogen) atoms. The smallest absolute Gasteiger partial charge is 0.241 e. The fraction of sp³-hybridized carbons (Fsp3) is 0.533. The van der Waals surface area contributed by atoms with Crippen LogP contribution in [0.4, 0.5) is 0 Å². The molecule has 1 aliphatic heterocycles. The first-order valence-electron chi connectivity index (χ1n) is 7.01. The summed E-state index contributed by atoms with van der Waals surface area (Å²) >= 11 is 6.06. The Balaban J connectivity index is 1.86. The van der Waals surface area contributed by atoms with Crippen molar-refractivity contribution in [3.8, 4) is 0 Å². The second-order valence-corrected chi connectivity index (χ2v) is 5.96. The highest BCUT2D eigenvalue weighted by Crippen LogP contribution is 2.35. The summed E-state index contributed by atoms with van der Waals surface area (Å²) in [6.07, 6.45) is 3.32. The van der Waals surface area contributed by atoms with Crippen LogP contribution in [0.15, 0.2) is 24.3 Å². The Morgan fingerprint density at radius 2 is 2.21 bits per heavy atom. The highest BCUT2D eigenvalue weighted by atomic mass is 35.5. The van der Waals surface area contributed by atoms with Crippen LogP contribution >= 0.6 is 11.6 Å². The van der Waals surface area contributed by atoms with E-state index in [0.717, 1.165) is 23.6 Å². The molecule has 3 nitrogen and oxygen atoms in total. The van der Waals surface area contributed by atoms with Crippen LogP contribution in [-0.4, -0.2) is 23.4 Å². The predicted octanol–water partition coefficient (Wildman–Crippen LogP) is 2.96. The predicted molar refractivity (Wildman–Crippen MR) is 75.8 cm³/mol. The SMILES string of the molecule is CCC1NC(c2cccc(Cl)c2)N(CC2CC2)C1=O. The maximum atomic E-state index is 12.4. The zero-order chi connectivity index (χ0) is 13.4. The van der Waals surface area contributed by atoms with Crippen molar-refractivity contribution < 1.29 is 4.79 Å². The van der Waals surface area contributed by atoms with E-state index in [0.29, 0.717) is 5.92 Å². The molecule has 1 saturated carbocycles. The Hall–Kier alpha value is -1.06. The quantitative estimate of drug-likeness (QED) is 0.918. The second-order valence-electron chi connectivity index (χ2n) is 5.52. The molecule has 1 saturated heterocycles. The lowest BCUT2D eigenvalue weighted by molar-refractivity contribution is -0.130. The molecule has 2 fully saturated rings. The zero-order valence-electron chi connectivity index (χ0n) is 11.1. The molecule has 1 aliphatic carbocycles. The van der Waals surface area contributed by atoms with Gasteiger partial charge in [0.1, 0.15) is 6.17 Å². The molecule has 102 valence electrons. The Labute approximate surface area is 118 Å². The van der Waals surface area contributed by atoms with E-state index in [4.69, 9.17) is 11.6 Å². The van der Waals surface area contributed by atoms with Crippen LogP contribution in [0.2, 0.25) is 5.02 Å². The van der Waals surface area contributed by atoms with Gasteiger partial charge in [-0.1, -0.05) is 30.7 Å². The molecular weight excluding hydrogens is 260 g/mol. The molecule has 2 aliphatic rings. The monoisotopic (exact) mass is 278 g/mol. The molecule has 2 atom stereocenters. The fourth-order valence-electron chi connectivity index (χ4n) is 2.70. The fourth-order valence-corrected chi connectivity index (χ4v) is 2.90. The molecule has 4 heteroatoms. The van der Waals surface area contributed by atoms with E-state index in [1.54, 1.807) is 0 Å². The number of hydrogen-bond acceptors (Lipinski definition) is 2. The Kier molecular flexibility index (Phi) is 3.50. The van der Waals surface area contributed by atoms with Crippen molar-refractivity contribution in [3.63, 3.8) is 0 Å². The summed E-state index contributed by atoms with van der Waals surface area (Å²) in [6.45, 7) is 2.92. The van der Waals surface area contributed by atoms with Gasteiger partial charge in [-0.05, 0) is 42.9 Å². The van der Waals surface area contributed by atoms with Crippen molar-refractivity contribution in [2.24, 2.45) is 5.92 Å². The highest BCUT2D eigenvalue weighted by molar-refractivity contribution is 6.30. The minimum atomic E-state index is -0.0530. The molecule has 2 unspecified atom stereocenters. The van der Waals surface area contributed by atoms with Gasteiger partial charge >= 0.3 is 0 Å². The van der Waals surface area contributed by atoms with Gasteiger partial charge in [0.05, 0.1) is 6.04 Å². The molecule has 1 heterocycles. The van der Waals surface area contributed by atoms with Gasteiger partial charge in [0.15, 0.2) is 0 Å². The number of carbonyl (C=O) groups is 1. The number of nitrogens with zero attached hydrogens (tertiary/aromatic N) is 1. The maximum Gasteiger partial charge on any atom is 0.241 e. The standard InChI is InChI=1S/C15H19ClN2O/c1-2-13-15(19)18(9-10-6-7-10)14(17-13)11-4-3-5-12(16)8-11/h3-5,8,10,13-14,17H,2,6-7,9H2,1H3. The molecule has 0 bridgehead atoms. The van der Waals surface area contributed by atoms with Crippen LogP contribution < -0.4 is 5.32 Å². The first-order valence-corrected chi connectivity index (χ1v) is 7.39. The Morgan fingerprint density at radius 3 is 2.84 bits per heavy atom. The number of benzene rings is 1. The van der Waals surface area contributed by atoms with E-state index in [9.17, 15) is 4.79 Å². The Bertz CT molecular complexity index is 487. The average Bonchev–Trinajstić information content (AvgIpc) is 3.16. The van der Waals surface area contributed by atoms with Crippen LogP contribution in [0.1, 0.15) is 37.9 Å². The van der Waals surface area contributed by atoms with Crippen molar-refractivity contribution in [1.82, 2.24) is 10.2 Å². The van der Waals surface area contributed by atoms with Gasteiger partial charge in [-0.2, -0.15) is 0 Å². The minimum absolute atomic E-state index is 0.0169. The van der Waals surface area contributed by atoms with Gasteiger partial charge in [0.2, 0.25) is 5.91 Å². The van der Waals surface area contributed by atoms with Gasteiger partial charge in [0.25, 0.3) is 0 Å². The van der Waals surface area contributed by atoms with Gasteiger partial charge in [-0.15, -0.1) is 0 Å². The molecule has 1 aromatic rings. The van der Waals surface area contributed by atoms with Crippen LogP contribution in [0.3, 0.4) is 0 Å². The second kappa shape index (κ2) is 5.14. The van der Waals surface area contributed by atoms with E-state index >= 15 is 0 Å². The molecule has 1 aromatic carbocycles. The van der Waals surface area contributed by atoms with E-state index in [1.807, 2.05) is 36.1 Å². The van der Waals surface area contributed by atoms with Crippen molar-refractivity contribution in [3.05, 3.63) is 34.9 Å². The molecule has 1 N–H and O–H groups in total. The summed E-state index contributed by atoms with van der Waals surface area (Å²) in [7, 11) is 0. The van der Waals surface area contributed by atoms with E-state index in [-0.39, 0.29) is 18.1 Å². The largest absolute Gasteiger partial charge is 0.321 e. The summed E-state index contributed by atoms with van der Waals surface area (Å²) in [4.78, 5) is 14.4. The van der Waals surface area contributed by atoms with Crippen LogP contribution in [0, 0.1) is 5.92 Å². The van der Waals surface area contributed by atoms with Crippen LogP contribution in [0.5, 0.6) is 0 Å². The lowest BCUT2D eigenvalue weighted by atomic mass is 10.1. The molecular formula is C15H19ClN2O. The number of carbonyl (C=O) groups excluding carboxylic acids is 1. The third-order valence-corrected chi connectivity index (χ3v) is 4.21. The van der Waals surface area contributed by atoms with Gasteiger partial charge in [0, 0.05) is 11.6 Å². The number of hydrogen-bond donors (Lipinski definition) is 1. The lowest BCUT2D eigenvalue weighted by Gasteiger charge is -2.24. The van der Waals surface area contributed by atoms with Crippen molar-refractivity contribution in [2.75, 3.05) is 6.54 Å². The van der Waals surface area contributed by atoms with Gasteiger partial charge in [-0.25, -0.2) is 0 Å². The minimum Gasteiger partial charge on any atom is -0.321 e. The highest BCUT2D eigenvalue weighted by Gasteiger charge is 2.41. The number of amides is 1. The van der Waals surface area contributed by atoms with Gasteiger partial charge in [-0.3, -0.25) is 10.1 Å². The first-order chi connectivity index (χ1) is 9.19. The first kappa shape index (κ1) is 12.9. The van der Waals surface area contributed by atoms with Crippen molar-refractivity contribution in [1.29, 1.82) is 0 Å². The number of nitrogens with one attached hydrogen (secondary N) is 1. The summed E-state index contributed by atoms with van der Waals surface area (Å²) in [5, 5.41) is 4.16. The maximum absolute atomic E-state index is 12.4. The van der Waals surface area contributed by atoms with E-state index in [2.05, 4.69) is 5.32 Å². The summed E-state index contributed by atoms with van der Waals surface area (Å²) in [5.41, 5.74) is 1.08. The van der Waals surface area contributed by atoms with E-state index in [1.165, 1.54) is 12.8 Å².